The van der Waals surface area contributed by atoms with Gasteiger partial charge in [-0.15, -0.1) is 0 Å². The van der Waals surface area contributed by atoms with Crippen LogP contribution in [0.1, 0.15) is 12.8 Å². The van der Waals surface area contributed by atoms with E-state index in [4.69, 9.17) is 17.3 Å². The highest BCUT2D eigenvalue weighted by Crippen LogP contribution is 2.32. The second-order valence-corrected chi connectivity index (χ2v) is 4.41. The van der Waals surface area contributed by atoms with Crippen molar-refractivity contribution in [2.24, 2.45) is 5.73 Å². The van der Waals surface area contributed by atoms with Gasteiger partial charge in [-0.05, 0) is 12.8 Å². The maximum Gasteiger partial charge on any atom is 0.313 e. The van der Waals surface area contributed by atoms with Gasteiger partial charge in [-0.1, -0.05) is 11.6 Å². The van der Waals surface area contributed by atoms with Gasteiger partial charge in [0, 0.05) is 31.4 Å². The molecule has 1 unspecified atom stereocenters. The number of nitrogens with two attached hydrogens (primary N) is 1. The summed E-state index contributed by atoms with van der Waals surface area (Å²) in [7, 11) is 0. The van der Waals surface area contributed by atoms with Crippen LogP contribution in [0.15, 0.2) is 12.3 Å². The molecule has 0 bridgehead atoms. The van der Waals surface area contributed by atoms with Gasteiger partial charge in [-0.3, -0.25) is 10.1 Å². The van der Waals surface area contributed by atoms with Crippen molar-refractivity contribution in [2.75, 3.05) is 18.0 Å². The van der Waals surface area contributed by atoms with Crippen LogP contribution in [0.25, 0.3) is 0 Å². The summed E-state index contributed by atoms with van der Waals surface area (Å²) in [5.41, 5.74) is 5.59. The van der Waals surface area contributed by atoms with E-state index in [0.29, 0.717) is 12.4 Å². The predicted molar refractivity (Wildman–Crippen MR) is 65.3 cm³/mol. The molecule has 0 aliphatic carbocycles. The molecule has 0 saturated carbocycles. The largest absolute Gasteiger partial charge is 0.347 e. The van der Waals surface area contributed by atoms with Gasteiger partial charge in [-0.25, -0.2) is 4.98 Å². The van der Waals surface area contributed by atoms with Crippen molar-refractivity contribution in [1.29, 1.82) is 0 Å². The Bertz CT molecular complexity index is 440. The van der Waals surface area contributed by atoms with Gasteiger partial charge in [0.05, 0.1) is 9.95 Å². The summed E-state index contributed by atoms with van der Waals surface area (Å²) >= 11 is 5.73. The van der Waals surface area contributed by atoms with E-state index < -0.39 is 4.92 Å². The molecule has 1 aliphatic heterocycles. The van der Waals surface area contributed by atoms with Gasteiger partial charge >= 0.3 is 5.69 Å². The van der Waals surface area contributed by atoms with E-state index >= 15 is 0 Å². The summed E-state index contributed by atoms with van der Waals surface area (Å²) in [5.74, 6) is 0.368. The van der Waals surface area contributed by atoms with E-state index in [1.54, 1.807) is 0 Å². The van der Waals surface area contributed by atoms with E-state index in [0.717, 1.165) is 19.4 Å². The molecule has 6 nitrogen and oxygen atoms in total. The standard InChI is InChI=1S/C10H13ClN4O2/c11-7-4-9(15(16)17)10(13-6-7)14-3-1-2-8(14)5-12/h4,6,8H,1-3,5,12H2. The fourth-order valence-corrected chi connectivity index (χ4v) is 2.29. The zero-order valence-corrected chi connectivity index (χ0v) is 9.93. The number of aromatic nitrogens is 1. The van der Waals surface area contributed by atoms with E-state index in [1.807, 2.05) is 4.90 Å². The molecular formula is C10H13ClN4O2. The Kier molecular flexibility index (Phi) is 3.44. The van der Waals surface area contributed by atoms with Crippen LogP contribution in [0.5, 0.6) is 0 Å². The number of anilines is 1. The number of rotatable bonds is 3. The van der Waals surface area contributed by atoms with Crippen LogP contribution in [0.3, 0.4) is 0 Å². The van der Waals surface area contributed by atoms with Crippen LogP contribution < -0.4 is 10.6 Å². The molecule has 0 radical (unpaired) electrons. The molecule has 1 aromatic heterocycles. The number of pyridine rings is 1. The van der Waals surface area contributed by atoms with E-state index in [-0.39, 0.29) is 16.8 Å². The molecule has 0 amide bonds. The van der Waals surface area contributed by atoms with E-state index in [1.165, 1.54) is 12.3 Å². The second kappa shape index (κ2) is 4.85. The van der Waals surface area contributed by atoms with Crippen molar-refractivity contribution in [2.45, 2.75) is 18.9 Å². The summed E-state index contributed by atoms with van der Waals surface area (Å²) in [4.78, 5) is 16.5. The predicted octanol–water partition coefficient (Wildman–Crippen LogP) is 1.57. The van der Waals surface area contributed by atoms with Gasteiger partial charge < -0.3 is 10.6 Å². The molecule has 2 N–H and O–H groups in total. The maximum atomic E-state index is 11.0. The summed E-state index contributed by atoms with van der Waals surface area (Å²) in [5, 5.41) is 11.2. The third-order valence-electron chi connectivity index (χ3n) is 2.93. The van der Waals surface area contributed by atoms with Crippen LogP contribution in [0.2, 0.25) is 5.02 Å². The van der Waals surface area contributed by atoms with Crippen molar-refractivity contribution in [3.05, 3.63) is 27.4 Å². The molecule has 17 heavy (non-hydrogen) atoms. The summed E-state index contributed by atoms with van der Waals surface area (Å²) in [6.45, 7) is 1.22. The number of nitro groups is 1. The molecule has 1 aromatic rings. The van der Waals surface area contributed by atoms with Crippen LogP contribution in [0.4, 0.5) is 11.5 Å². The molecule has 1 atom stereocenters. The Morgan fingerprint density at radius 2 is 2.47 bits per heavy atom. The molecule has 0 aromatic carbocycles. The lowest BCUT2D eigenvalue weighted by Crippen LogP contribution is -2.36. The lowest BCUT2D eigenvalue weighted by molar-refractivity contribution is -0.384. The van der Waals surface area contributed by atoms with E-state index in [9.17, 15) is 10.1 Å². The van der Waals surface area contributed by atoms with Crippen molar-refractivity contribution in [3.8, 4) is 0 Å². The first kappa shape index (κ1) is 12.1. The molecule has 7 heteroatoms. The smallest absolute Gasteiger partial charge is 0.313 e. The average Bonchev–Trinajstić information content (AvgIpc) is 2.76. The quantitative estimate of drug-likeness (QED) is 0.655. The van der Waals surface area contributed by atoms with Gasteiger partial charge in [0.25, 0.3) is 0 Å². The monoisotopic (exact) mass is 256 g/mol. The van der Waals surface area contributed by atoms with Crippen molar-refractivity contribution < 1.29 is 4.92 Å². The number of halogens is 1. The Morgan fingerprint density at radius 3 is 3.12 bits per heavy atom. The molecule has 92 valence electrons. The highest BCUT2D eigenvalue weighted by atomic mass is 35.5. The third kappa shape index (κ3) is 2.32. The summed E-state index contributed by atoms with van der Waals surface area (Å²) in [6, 6.07) is 1.46. The first-order valence-electron chi connectivity index (χ1n) is 5.40. The fourth-order valence-electron chi connectivity index (χ4n) is 2.14. The van der Waals surface area contributed by atoms with E-state index in [2.05, 4.69) is 4.98 Å². The summed E-state index contributed by atoms with van der Waals surface area (Å²) in [6.07, 6.45) is 3.34. The molecule has 2 heterocycles. The second-order valence-electron chi connectivity index (χ2n) is 3.98. The minimum atomic E-state index is -0.458. The normalized spacial score (nSPS) is 19.6. The lowest BCUT2D eigenvalue weighted by Gasteiger charge is -2.23. The number of hydrogen-bond donors (Lipinski definition) is 1. The topological polar surface area (TPSA) is 85.3 Å². The number of nitrogens with zero attached hydrogens (tertiary/aromatic N) is 3. The van der Waals surface area contributed by atoms with Crippen LogP contribution in [0, 0.1) is 10.1 Å². The minimum Gasteiger partial charge on any atom is -0.347 e. The summed E-state index contributed by atoms with van der Waals surface area (Å²) < 4.78 is 0. The zero-order chi connectivity index (χ0) is 12.4. The molecule has 1 fully saturated rings. The molecule has 1 saturated heterocycles. The third-order valence-corrected chi connectivity index (χ3v) is 3.14. The Balaban J connectivity index is 2.40. The first-order chi connectivity index (χ1) is 8.13. The van der Waals surface area contributed by atoms with Gasteiger partial charge in [0.2, 0.25) is 5.82 Å². The highest BCUT2D eigenvalue weighted by molar-refractivity contribution is 6.30. The van der Waals surface area contributed by atoms with Gasteiger partial charge in [-0.2, -0.15) is 0 Å². The SMILES string of the molecule is NCC1CCCN1c1ncc(Cl)cc1[N+](=O)[O-]. The zero-order valence-electron chi connectivity index (χ0n) is 9.17. The Labute approximate surface area is 104 Å². The van der Waals surface area contributed by atoms with Crippen LogP contribution >= 0.6 is 11.6 Å². The van der Waals surface area contributed by atoms with Crippen molar-refractivity contribution in [3.63, 3.8) is 0 Å². The van der Waals surface area contributed by atoms with Crippen LogP contribution in [-0.4, -0.2) is 29.0 Å². The Morgan fingerprint density at radius 1 is 1.71 bits per heavy atom. The molecule has 2 rings (SSSR count). The molecular weight excluding hydrogens is 244 g/mol. The van der Waals surface area contributed by atoms with Gasteiger partial charge in [0.1, 0.15) is 0 Å². The number of hydrogen-bond acceptors (Lipinski definition) is 5. The lowest BCUT2D eigenvalue weighted by atomic mass is 10.2. The molecule has 1 aliphatic rings. The highest BCUT2D eigenvalue weighted by Gasteiger charge is 2.30. The van der Waals surface area contributed by atoms with Crippen molar-refractivity contribution >= 4 is 23.1 Å². The first-order valence-corrected chi connectivity index (χ1v) is 5.78. The average molecular weight is 257 g/mol. The minimum absolute atomic E-state index is 0.0575. The fraction of sp³-hybridized carbons (Fsp3) is 0.500. The van der Waals surface area contributed by atoms with Crippen LogP contribution in [-0.2, 0) is 0 Å². The van der Waals surface area contributed by atoms with Gasteiger partial charge in [0.15, 0.2) is 0 Å². The van der Waals surface area contributed by atoms with Crippen molar-refractivity contribution in [1.82, 2.24) is 4.98 Å². The molecule has 0 spiro atoms. The Hall–Kier alpha value is -1.40. The maximum absolute atomic E-state index is 11.0.